The third-order valence-electron chi connectivity index (χ3n) is 22.4. The molecular formula is C68H114N4O51. The van der Waals surface area contributed by atoms with Gasteiger partial charge in [0.15, 0.2) is 62.9 Å². The van der Waals surface area contributed by atoms with Gasteiger partial charge in [0.05, 0.1) is 66.1 Å². The topological polar surface area (TPSA) is 858 Å². The Kier molecular flexibility index (Phi) is 36.4. The van der Waals surface area contributed by atoms with Crippen molar-refractivity contribution in [2.45, 2.75) is 335 Å². The number of aliphatic hydroxyl groups is 28. The predicted octanol–water partition coefficient (Wildman–Crippen LogP) is -22.2. The van der Waals surface area contributed by atoms with E-state index in [0.717, 1.165) is 27.7 Å². The van der Waals surface area contributed by atoms with Crippen LogP contribution in [0.2, 0.25) is 0 Å². The van der Waals surface area contributed by atoms with Crippen molar-refractivity contribution in [2.24, 2.45) is 0 Å². The lowest BCUT2D eigenvalue weighted by Crippen LogP contribution is -2.71. The first-order valence-electron chi connectivity index (χ1n) is 39.1. The Morgan fingerprint density at radius 3 is 0.764 bits per heavy atom. The molecule has 0 aromatic carbocycles. The second-order valence-electron chi connectivity index (χ2n) is 31.0. The summed E-state index contributed by atoms with van der Waals surface area (Å²) in [5.74, 6) is -3.85. The highest BCUT2D eigenvalue weighted by Gasteiger charge is 2.62. The Balaban J connectivity index is 0.949. The number of nitrogens with one attached hydrogen (secondary N) is 4. The maximum absolute atomic E-state index is 13.3. The highest BCUT2D eigenvalue weighted by molar-refractivity contribution is 5.74. The summed E-state index contributed by atoms with van der Waals surface area (Å²) in [5.41, 5.74) is 0. The molecule has 10 saturated heterocycles. The fraction of sp³-hybridized carbons (Fsp3) is 0.941. The first kappa shape index (κ1) is 101. The number of rotatable bonds is 32. The van der Waals surface area contributed by atoms with Crippen LogP contribution >= 0.6 is 0 Å². The molecule has 0 aromatic rings. The fourth-order valence-electron chi connectivity index (χ4n) is 15.9. The van der Waals surface area contributed by atoms with Crippen molar-refractivity contribution in [2.75, 3.05) is 66.1 Å². The molecule has 55 heteroatoms. The zero-order chi connectivity index (χ0) is 90.5. The van der Waals surface area contributed by atoms with Crippen LogP contribution in [-0.4, -0.2) is 539 Å². The maximum atomic E-state index is 13.3. The van der Waals surface area contributed by atoms with Crippen LogP contribution in [0.5, 0.6) is 0 Å². The minimum Gasteiger partial charge on any atom is -0.394 e. The van der Waals surface area contributed by atoms with Crippen molar-refractivity contribution in [3.8, 4) is 0 Å². The van der Waals surface area contributed by atoms with Gasteiger partial charge >= 0.3 is 0 Å². The molecule has 0 radical (unpaired) electrons. The molecule has 10 rings (SSSR count). The van der Waals surface area contributed by atoms with Gasteiger partial charge in [0.2, 0.25) is 23.6 Å². The molecule has 123 heavy (non-hydrogen) atoms. The Bertz CT molecular complexity index is 3300. The summed E-state index contributed by atoms with van der Waals surface area (Å²) in [6.07, 6.45) is -95.5. The number of carbonyl (C=O) groups excluding carboxylic acids is 4. The highest BCUT2D eigenvalue weighted by atomic mass is 16.8. The Hall–Kier alpha value is -4.00. The zero-order valence-electron chi connectivity index (χ0n) is 65.9. The van der Waals surface area contributed by atoms with Crippen LogP contribution in [0.25, 0.3) is 0 Å². The van der Waals surface area contributed by atoms with Crippen LogP contribution in [0.4, 0.5) is 0 Å². The van der Waals surface area contributed by atoms with E-state index in [2.05, 4.69) is 21.3 Å². The van der Waals surface area contributed by atoms with Crippen LogP contribution in [-0.2, 0) is 109 Å². The van der Waals surface area contributed by atoms with Gasteiger partial charge in [-0.25, -0.2) is 0 Å². The van der Waals surface area contributed by atoms with E-state index in [1.165, 1.54) is 0 Å². The molecule has 55 nitrogen and oxygen atoms in total. The molecule has 1 unspecified atom stereocenters. The van der Waals surface area contributed by atoms with Crippen molar-refractivity contribution in [3.05, 3.63) is 0 Å². The third-order valence-corrected chi connectivity index (χ3v) is 22.4. The summed E-state index contributed by atoms with van der Waals surface area (Å²) in [6.45, 7) is -7.16. The molecule has 32 N–H and O–H groups in total. The van der Waals surface area contributed by atoms with Crippen molar-refractivity contribution >= 4 is 23.6 Å². The number of hydrogen-bond acceptors (Lipinski definition) is 51. The van der Waals surface area contributed by atoms with Crippen LogP contribution < -0.4 is 21.3 Å². The average molecular weight is 1800 g/mol. The van der Waals surface area contributed by atoms with Gasteiger partial charge in [0, 0.05) is 27.7 Å². The van der Waals surface area contributed by atoms with E-state index in [-0.39, 0.29) is 0 Å². The van der Waals surface area contributed by atoms with E-state index in [0.29, 0.717) is 0 Å². The van der Waals surface area contributed by atoms with Crippen LogP contribution in [0, 0.1) is 0 Å². The van der Waals surface area contributed by atoms with E-state index < -0.39 is 397 Å². The minimum atomic E-state index is -2.54. The minimum absolute atomic E-state index is 0.907. The van der Waals surface area contributed by atoms with Gasteiger partial charge in [-0.3, -0.25) is 19.2 Å². The molecule has 4 amide bonds. The summed E-state index contributed by atoms with van der Waals surface area (Å²) in [4.78, 5) is 52.3. The Labute approximate surface area is 695 Å². The number of ether oxygens (including phenoxy) is 19. The molecule has 0 aliphatic carbocycles. The number of amides is 4. The summed E-state index contributed by atoms with van der Waals surface area (Å²) < 4.78 is 112. The fourth-order valence-corrected chi connectivity index (χ4v) is 15.9. The van der Waals surface area contributed by atoms with Crippen LogP contribution in [0.15, 0.2) is 0 Å². The van der Waals surface area contributed by atoms with Crippen LogP contribution in [0.3, 0.4) is 0 Å². The molecule has 712 valence electrons. The summed E-state index contributed by atoms with van der Waals surface area (Å²) in [6, 6.07) is -7.75. The molecular weight excluding hydrogens is 1690 g/mol. The molecule has 0 saturated carbocycles. The van der Waals surface area contributed by atoms with Gasteiger partial charge in [-0.1, -0.05) is 0 Å². The third kappa shape index (κ3) is 22.4. The second kappa shape index (κ2) is 44.3. The molecule has 10 aliphatic rings. The van der Waals surface area contributed by atoms with E-state index in [9.17, 15) is 162 Å². The van der Waals surface area contributed by atoms with E-state index in [1.54, 1.807) is 0 Å². The SMILES string of the molecule is CC(=O)N[C@H]1[C@H](OC[C@H]2O[C@@H](O[C@H]3[C@H](O)[C@@H](NC(C)=O)[C@H](OC[C@H]4O[C@@H](O[C@H]5[C@H](O)[C@@H](O)C(O)O[C@@H]5CO)[C@H](O)[C@@H](O[C@@H]5O[C@H](CO)[C@@H](O[C@@H]6O[C@H](CO)[C@H](O)[C@H](O)[C@H]6O)[C@H](O)[C@H]5NC(C)=O)[C@H]4O)O[C@@H]3CO)[C@H](O)[C@@H](O[C@@H]3O[C@H](CO)[C@@H](O)[C@H](O[C@@H]4O[C@H](CO)[C@H](O)[C@H](O)[C@H]4O)[C@H]3NC(C)=O)[C@H]2O)O[C@H](CO)[C@@H](O[C@@H]2O[C@H](CO)[C@H](O)[C@H](O)[C@H]2O)[C@@H]1O. The molecule has 0 spiro atoms. The Morgan fingerprint density at radius 2 is 0.439 bits per heavy atom. The summed E-state index contributed by atoms with van der Waals surface area (Å²) in [7, 11) is 0. The molecule has 10 heterocycles. The van der Waals surface area contributed by atoms with Gasteiger partial charge in [0.25, 0.3) is 0 Å². The smallest absolute Gasteiger partial charge is 0.217 e. The predicted molar refractivity (Wildman–Crippen MR) is 376 cm³/mol. The van der Waals surface area contributed by atoms with Crippen molar-refractivity contribution < 1.29 is 252 Å². The summed E-state index contributed by atoms with van der Waals surface area (Å²) in [5, 5.41) is 319. The van der Waals surface area contributed by atoms with Gasteiger partial charge in [0.1, 0.15) is 244 Å². The summed E-state index contributed by atoms with van der Waals surface area (Å²) >= 11 is 0. The van der Waals surface area contributed by atoms with Crippen LogP contribution in [0.1, 0.15) is 27.7 Å². The molecule has 0 bridgehead atoms. The number of aliphatic hydroxyl groups excluding tert-OH is 28. The Morgan fingerprint density at radius 1 is 0.211 bits per heavy atom. The zero-order valence-corrected chi connectivity index (χ0v) is 65.9. The van der Waals surface area contributed by atoms with Crippen molar-refractivity contribution in [1.82, 2.24) is 21.3 Å². The molecule has 0 aromatic heterocycles. The molecule has 50 atom stereocenters. The van der Waals surface area contributed by atoms with E-state index in [1.807, 2.05) is 0 Å². The quantitative estimate of drug-likeness (QED) is 0.0297. The average Bonchev–Trinajstić information content (AvgIpc) is 0.764. The largest absolute Gasteiger partial charge is 0.394 e. The van der Waals surface area contributed by atoms with Gasteiger partial charge in [-0.05, 0) is 0 Å². The van der Waals surface area contributed by atoms with E-state index >= 15 is 0 Å². The first-order chi connectivity index (χ1) is 58.2. The monoisotopic (exact) mass is 1800 g/mol. The van der Waals surface area contributed by atoms with Crippen molar-refractivity contribution in [1.29, 1.82) is 0 Å². The first-order valence-corrected chi connectivity index (χ1v) is 39.1. The lowest BCUT2D eigenvalue weighted by molar-refractivity contribution is -0.386. The van der Waals surface area contributed by atoms with Crippen molar-refractivity contribution in [3.63, 3.8) is 0 Å². The second-order valence-corrected chi connectivity index (χ2v) is 31.0. The van der Waals surface area contributed by atoms with Gasteiger partial charge in [-0.2, -0.15) is 0 Å². The molecule has 10 aliphatic heterocycles. The normalized spacial score (nSPS) is 49.4. The number of hydrogen-bond donors (Lipinski definition) is 32. The lowest BCUT2D eigenvalue weighted by atomic mass is 9.93. The standard InChI is InChI=1S/C68H114N4O51/c1-15(81)69-29-39(91)52(117-64-47(99)42(94)33(85)19(5-73)109-64)24(10-78)112-60(29)106-14-28-38(90)58(123-63-32(72-18(4)84)56(36(88)22(8-76)108-63)121-66-49(101)44(96)35(87)21(7-75)111-66)51(103)67(115-28)119-53-25(11-79)113-61(30(40(53)92)70-16(2)82)105-13-27-37(89)57(50(102)68(116-27)120-55-23(9-77)107-59(104)46(98)45(55)97)122-62-31(71-17(3)83)41(93)54(26(12-80)114-62)118-65-48(100)43(95)34(86)20(6-74)110-65/h19-68,73-80,85-104H,5-14H2,1-4H3,(H,69,81)(H,70,82)(H,71,83)(H,72,84)/t19-,20-,21-,22-,23-,24-,25-,26-,27-,28-,29-,30-,31-,32-,33+,34+,35+,36-,37+,38+,39-,40-,41-,42+,43+,44+,45-,46-,47-,48-,49-,50-,51-,52-,53-,54-,55-,56-,57+,58+,59?,60-,61-,62+,63+,64+,65+,66+,67+,68+/m1/s1. The van der Waals surface area contributed by atoms with Gasteiger partial charge < -0.3 is 254 Å². The highest BCUT2D eigenvalue weighted by Crippen LogP contribution is 2.40. The van der Waals surface area contributed by atoms with Gasteiger partial charge in [-0.15, -0.1) is 0 Å². The number of carbonyl (C=O) groups is 4. The molecule has 10 fully saturated rings. The van der Waals surface area contributed by atoms with E-state index in [4.69, 9.17) is 90.0 Å². The maximum Gasteiger partial charge on any atom is 0.217 e. The lowest BCUT2D eigenvalue weighted by Gasteiger charge is -2.51.